The number of ether oxygens (including phenoxy) is 1. The lowest BCUT2D eigenvalue weighted by Crippen LogP contribution is -2.49. The second-order valence-corrected chi connectivity index (χ2v) is 7.49. The van der Waals surface area contributed by atoms with Gasteiger partial charge in [-0.05, 0) is 30.7 Å². The van der Waals surface area contributed by atoms with Crippen molar-refractivity contribution in [2.24, 2.45) is 0 Å². The molecule has 0 spiro atoms. The van der Waals surface area contributed by atoms with Crippen molar-refractivity contribution >= 4 is 51.6 Å². The molecule has 28 heavy (non-hydrogen) atoms. The van der Waals surface area contributed by atoms with Crippen LogP contribution in [0.4, 0.5) is 5.69 Å². The summed E-state index contributed by atoms with van der Waals surface area (Å²) in [6, 6.07) is 5.62. The Kier molecular flexibility index (Phi) is 6.37. The summed E-state index contributed by atoms with van der Waals surface area (Å²) in [5.41, 5.74) is 1.49. The van der Waals surface area contributed by atoms with Crippen LogP contribution in [0.25, 0.3) is 0 Å². The highest BCUT2D eigenvalue weighted by Gasteiger charge is 2.24. The van der Waals surface area contributed by atoms with E-state index < -0.39 is 5.24 Å². The summed E-state index contributed by atoms with van der Waals surface area (Å²) in [4.78, 5) is 27.9. The van der Waals surface area contributed by atoms with Crippen LogP contribution in [-0.2, 0) is 11.3 Å². The van der Waals surface area contributed by atoms with Crippen molar-refractivity contribution in [3.63, 3.8) is 0 Å². The molecule has 1 amide bonds. The van der Waals surface area contributed by atoms with Crippen molar-refractivity contribution in [1.82, 2.24) is 14.7 Å². The van der Waals surface area contributed by atoms with Gasteiger partial charge in [0.15, 0.2) is 5.69 Å². The average Bonchev–Trinajstić information content (AvgIpc) is 2.97. The molecule has 0 unspecified atom stereocenters. The second-order valence-electron chi connectivity index (χ2n) is 6.37. The van der Waals surface area contributed by atoms with Crippen LogP contribution in [0.15, 0.2) is 18.2 Å². The minimum absolute atomic E-state index is 0.00445. The topological polar surface area (TPSA) is 67.7 Å². The SMILES string of the molecule is COc1cc(N2CCN(C(=O)Cn3nc(C(=O)Cl)c(Cl)c3C)CC2)ccc1Cl. The number of hydrogen-bond donors (Lipinski definition) is 0. The molecule has 0 atom stereocenters. The molecule has 0 radical (unpaired) electrons. The van der Waals surface area contributed by atoms with Gasteiger partial charge in [0.2, 0.25) is 5.91 Å². The number of benzene rings is 1. The lowest BCUT2D eigenvalue weighted by molar-refractivity contribution is -0.132. The van der Waals surface area contributed by atoms with Crippen molar-refractivity contribution < 1.29 is 14.3 Å². The number of piperazine rings is 1. The molecule has 1 aromatic heterocycles. The number of methoxy groups -OCH3 is 1. The van der Waals surface area contributed by atoms with Gasteiger partial charge in [-0.2, -0.15) is 5.10 Å². The predicted octanol–water partition coefficient (Wildman–Crippen LogP) is 3.23. The largest absolute Gasteiger partial charge is 0.495 e. The quantitative estimate of drug-likeness (QED) is 0.661. The summed E-state index contributed by atoms with van der Waals surface area (Å²) >= 11 is 17.6. The van der Waals surface area contributed by atoms with E-state index in [1.165, 1.54) is 4.68 Å². The van der Waals surface area contributed by atoms with Crippen LogP contribution < -0.4 is 9.64 Å². The van der Waals surface area contributed by atoms with Crippen molar-refractivity contribution in [3.05, 3.63) is 39.6 Å². The molecule has 3 rings (SSSR count). The minimum atomic E-state index is -0.744. The van der Waals surface area contributed by atoms with E-state index in [0.717, 1.165) is 5.69 Å². The van der Waals surface area contributed by atoms with Crippen molar-refractivity contribution in [3.8, 4) is 5.75 Å². The van der Waals surface area contributed by atoms with Gasteiger partial charge in [-0.25, -0.2) is 0 Å². The number of rotatable bonds is 5. The molecule has 150 valence electrons. The molecule has 7 nitrogen and oxygen atoms in total. The fraction of sp³-hybridized carbons (Fsp3) is 0.389. The zero-order valence-corrected chi connectivity index (χ0v) is 17.7. The molecular weight excluding hydrogens is 427 g/mol. The third-order valence-corrected chi connectivity index (χ3v) is 5.68. The Morgan fingerprint density at radius 1 is 1.18 bits per heavy atom. The summed E-state index contributed by atoms with van der Waals surface area (Å²) in [5.74, 6) is 0.525. The first-order chi connectivity index (χ1) is 13.3. The first-order valence-electron chi connectivity index (χ1n) is 8.60. The van der Waals surface area contributed by atoms with E-state index in [1.807, 2.05) is 12.1 Å². The van der Waals surface area contributed by atoms with Crippen LogP contribution in [0.3, 0.4) is 0 Å². The van der Waals surface area contributed by atoms with Gasteiger partial charge in [0.25, 0.3) is 5.24 Å². The van der Waals surface area contributed by atoms with Crippen molar-refractivity contribution in [2.75, 3.05) is 38.2 Å². The van der Waals surface area contributed by atoms with E-state index in [2.05, 4.69) is 10.00 Å². The van der Waals surface area contributed by atoms with Crippen LogP contribution >= 0.6 is 34.8 Å². The monoisotopic (exact) mass is 444 g/mol. The molecule has 2 heterocycles. The highest BCUT2D eigenvalue weighted by molar-refractivity contribution is 6.68. The maximum absolute atomic E-state index is 12.6. The van der Waals surface area contributed by atoms with Gasteiger partial charge < -0.3 is 14.5 Å². The molecule has 0 N–H and O–H groups in total. The molecule has 1 saturated heterocycles. The Labute approximate surface area is 177 Å². The minimum Gasteiger partial charge on any atom is -0.495 e. The number of carbonyl (C=O) groups excluding carboxylic acids is 2. The molecular formula is C18H19Cl3N4O3. The summed E-state index contributed by atoms with van der Waals surface area (Å²) in [7, 11) is 1.58. The lowest BCUT2D eigenvalue weighted by Gasteiger charge is -2.36. The Morgan fingerprint density at radius 2 is 1.86 bits per heavy atom. The molecule has 1 fully saturated rings. The maximum atomic E-state index is 12.6. The second kappa shape index (κ2) is 8.59. The van der Waals surface area contributed by atoms with Crippen LogP contribution in [0.1, 0.15) is 16.2 Å². The van der Waals surface area contributed by atoms with Crippen LogP contribution in [-0.4, -0.2) is 59.1 Å². The first kappa shape index (κ1) is 20.8. The van der Waals surface area contributed by atoms with Crippen molar-refractivity contribution in [2.45, 2.75) is 13.5 Å². The third kappa shape index (κ3) is 4.21. The fourth-order valence-electron chi connectivity index (χ4n) is 3.09. The van der Waals surface area contributed by atoms with E-state index in [0.29, 0.717) is 42.6 Å². The van der Waals surface area contributed by atoms with Gasteiger partial charge in [0, 0.05) is 37.9 Å². The number of anilines is 1. The smallest absolute Gasteiger partial charge is 0.274 e. The van der Waals surface area contributed by atoms with Crippen LogP contribution in [0.2, 0.25) is 10.0 Å². The average molecular weight is 446 g/mol. The fourth-order valence-corrected chi connectivity index (χ4v) is 3.69. The molecule has 1 aliphatic heterocycles. The number of nitrogens with zero attached hydrogens (tertiary/aromatic N) is 4. The summed E-state index contributed by atoms with van der Waals surface area (Å²) < 4.78 is 6.68. The summed E-state index contributed by atoms with van der Waals surface area (Å²) in [6.07, 6.45) is 0. The molecule has 1 aliphatic rings. The van der Waals surface area contributed by atoms with Crippen LogP contribution in [0.5, 0.6) is 5.75 Å². The Hall–Kier alpha value is -1.96. The number of aromatic nitrogens is 2. The van der Waals surface area contributed by atoms with Crippen LogP contribution in [0, 0.1) is 6.92 Å². The van der Waals surface area contributed by atoms with Gasteiger partial charge in [-0.3, -0.25) is 14.3 Å². The molecule has 0 saturated carbocycles. The maximum Gasteiger partial charge on any atom is 0.274 e. The molecule has 0 bridgehead atoms. The normalized spacial score (nSPS) is 14.3. The van der Waals surface area contributed by atoms with Gasteiger partial charge >= 0.3 is 0 Å². The lowest BCUT2D eigenvalue weighted by atomic mass is 10.2. The standard InChI is InChI=1S/C18H19Cl3N4O3/c1-11-16(20)17(18(21)27)22-25(11)10-15(26)24-7-5-23(6-8-24)12-3-4-13(19)14(9-12)28-2/h3-4,9H,5-8,10H2,1-2H3. The zero-order valence-electron chi connectivity index (χ0n) is 15.4. The Balaban J connectivity index is 1.63. The number of carbonyl (C=O) groups is 2. The van der Waals surface area contributed by atoms with Gasteiger partial charge in [-0.15, -0.1) is 0 Å². The van der Waals surface area contributed by atoms with E-state index >= 15 is 0 Å². The number of amides is 1. The van der Waals surface area contributed by atoms with E-state index in [-0.39, 0.29) is 23.2 Å². The van der Waals surface area contributed by atoms with Gasteiger partial charge in [0.05, 0.1) is 22.8 Å². The van der Waals surface area contributed by atoms with E-state index in [1.54, 1.807) is 25.0 Å². The Bertz CT molecular complexity index is 908. The summed E-state index contributed by atoms with van der Waals surface area (Å²) in [5, 5.41) is 4.04. The van der Waals surface area contributed by atoms with Crippen molar-refractivity contribution in [1.29, 1.82) is 0 Å². The zero-order chi connectivity index (χ0) is 20.4. The molecule has 1 aromatic carbocycles. The van der Waals surface area contributed by atoms with Gasteiger partial charge in [0.1, 0.15) is 12.3 Å². The highest BCUT2D eigenvalue weighted by Crippen LogP contribution is 2.30. The molecule has 2 aromatic rings. The molecule has 0 aliphatic carbocycles. The highest BCUT2D eigenvalue weighted by atomic mass is 35.5. The number of halogens is 3. The molecule has 10 heteroatoms. The summed E-state index contributed by atoms with van der Waals surface area (Å²) in [6.45, 7) is 4.20. The Morgan fingerprint density at radius 3 is 2.43 bits per heavy atom. The third-order valence-electron chi connectivity index (χ3n) is 4.74. The van der Waals surface area contributed by atoms with E-state index in [4.69, 9.17) is 39.5 Å². The van der Waals surface area contributed by atoms with Gasteiger partial charge in [-0.1, -0.05) is 23.2 Å². The predicted molar refractivity (Wildman–Crippen MR) is 109 cm³/mol. The number of hydrogen-bond acceptors (Lipinski definition) is 5. The van der Waals surface area contributed by atoms with E-state index in [9.17, 15) is 9.59 Å². The first-order valence-corrected chi connectivity index (χ1v) is 9.74.